The lowest BCUT2D eigenvalue weighted by atomic mass is 9.64. The van der Waals surface area contributed by atoms with Gasteiger partial charge < -0.3 is 10.4 Å². The fourth-order valence-electron chi connectivity index (χ4n) is 2.17. The van der Waals surface area contributed by atoms with Gasteiger partial charge in [-0.25, -0.2) is 4.39 Å². The molecule has 2 unspecified atom stereocenters. The molecule has 1 amide bonds. The molecule has 1 aliphatic rings. The third kappa shape index (κ3) is 2.12. The van der Waals surface area contributed by atoms with Crippen LogP contribution in [0.25, 0.3) is 0 Å². The number of aryl methyl sites for hydroxylation is 1. The van der Waals surface area contributed by atoms with Crippen molar-refractivity contribution in [1.29, 1.82) is 0 Å². The average molecular weight is 251 g/mol. The highest BCUT2D eigenvalue weighted by Crippen LogP contribution is 2.40. The minimum absolute atomic E-state index is 0.0367. The highest BCUT2D eigenvalue weighted by Gasteiger charge is 2.47. The lowest BCUT2D eigenvalue weighted by Crippen LogP contribution is -2.61. The van der Waals surface area contributed by atoms with Crippen molar-refractivity contribution in [1.82, 2.24) is 5.32 Å². The van der Waals surface area contributed by atoms with Crippen LogP contribution in [0.2, 0.25) is 0 Å². The molecule has 1 aromatic carbocycles. The second kappa shape index (κ2) is 4.35. The van der Waals surface area contributed by atoms with E-state index in [1.807, 2.05) is 13.8 Å². The number of amides is 1. The maximum Gasteiger partial charge on any atom is 0.251 e. The third-order valence-corrected chi connectivity index (χ3v) is 3.94. The molecule has 1 aliphatic carbocycles. The van der Waals surface area contributed by atoms with Gasteiger partial charge in [0.05, 0.1) is 6.10 Å². The van der Waals surface area contributed by atoms with Crippen LogP contribution in [0.3, 0.4) is 0 Å². The monoisotopic (exact) mass is 251 g/mol. The number of carbonyl (C=O) groups is 1. The van der Waals surface area contributed by atoms with Gasteiger partial charge in [0.2, 0.25) is 0 Å². The number of halogens is 1. The topological polar surface area (TPSA) is 49.3 Å². The molecule has 0 aromatic heterocycles. The van der Waals surface area contributed by atoms with Gasteiger partial charge in [0, 0.05) is 17.0 Å². The Morgan fingerprint density at radius 1 is 1.50 bits per heavy atom. The molecule has 1 saturated carbocycles. The number of nitrogens with one attached hydrogen (secondary N) is 1. The first-order valence-corrected chi connectivity index (χ1v) is 6.07. The first kappa shape index (κ1) is 13.0. The number of aliphatic hydroxyl groups is 1. The van der Waals surface area contributed by atoms with Crippen LogP contribution in [-0.4, -0.2) is 23.2 Å². The molecule has 0 spiro atoms. The van der Waals surface area contributed by atoms with Gasteiger partial charge in [0.25, 0.3) is 5.91 Å². The minimum atomic E-state index is -0.377. The molecule has 2 N–H and O–H groups in total. The maximum absolute atomic E-state index is 13.1. The van der Waals surface area contributed by atoms with E-state index in [9.17, 15) is 14.3 Å². The minimum Gasteiger partial charge on any atom is -0.392 e. The van der Waals surface area contributed by atoms with E-state index < -0.39 is 0 Å². The maximum atomic E-state index is 13.1. The molecule has 4 heteroatoms. The van der Waals surface area contributed by atoms with E-state index in [1.165, 1.54) is 18.2 Å². The zero-order valence-electron chi connectivity index (χ0n) is 10.8. The van der Waals surface area contributed by atoms with E-state index >= 15 is 0 Å². The van der Waals surface area contributed by atoms with E-state index in [0.29, 0.717) is 17.5 Å². The summed E-state index contributed by atoms with van der Waals surface area (Å²) in [5, 5.41) is 12.5. The lowest BCUT2D eigenvalue weighted by Gasteiger charge is -2.49. The highest BCUT2D eigenvalue weighted by atomic mass is 19.1. The van der Waals surface area contributed by atoms with E-state index in [0.717, 1.165) is 0 Å². The van der Waals surface area contributed by atoms with Crippen LogP contribution in [0.5, 0.6) is 0 Å². The Morgan fingerprint density at radius 3 is 2.67 bits per heavy atom. The second-order valence-electron chi connectivity index (χ2n) is 5.56. The molecular weight excluding hydrogens is 233 g/mol. The summed E-state index contributed by atoms with van der Waals surface area (Å²) in [5.74, 6) is -0.533. The Balaban J connectivity index is 2.07. The average Bonchev–Trinajstić information content (AvgIpc) is 2.32. The normalized spacial score (nSPS) is 25.4. The van der Waals surface area contributed by atoms with Crippen LogP contribution in [0.4, 0.5) is 4.39 Å². The van der Waals surface area contributed by atoms with Gasteiger partial charge in [-0.2, -0.15) is 0 Å². The largest absolute Gasteiger partial charge is 0.392 e. The number of carbonyl (C=O) groups excluding carboxylic acids is 1. The first-order chi connectivity index (χ1) is 8.32. The number of hydrogen-bond donors (Lipinski definition) is 2. The SMILES string of the molecule is Cc1cc(C(=O)NC2CC(O)C2(C)C)ccc1F. The predicted octanol–water partition coefficient (Wildman–Crippen LogP) is 2.02. The number of benzene rings is 1. The molecule has 0 heterocycles. The fourth-order valence-corrected chi connectivity index (χ4v) is 2.17. The summed E-state index contributed by atoms with van der Waals surface area (Å²) in [6, 6.07) is 4.27. The lowest BCUT2D eigenvalue weighted by molar-refractivity contribution is -0.0689. The molecule has 0 bridgehead atoms. The van der Waals surface area contributed by atoms with Crippen LogP contribution in [0.1, 0.15) is 36.2 Å². The van der Waals surface area contributed by atoms with Crippen molar-refractivity contribution in [2.75, 3.05) is 0 Å². The molecular formula is C14H18FNO2. The van der Waals surface area contributed by atoms with Crippen LogP contribution in [0.15, 0.2) is 18.2 Å². The van der Waals surface area contributed by atoms with Crippen molar-refractivity contribution in [2.24, 2.45) is 5.41 Å². The van der Waals surface area contributed by atoms with E-state index in [2.05, 4.69) is 5.32 Å². The number of rotatable bonds is 2. The number of aliphatic hydroxyl groups excluding tert-OH is 1. The van der Waals surface area contributed by atoms with Gasteiger partial charge >= 0.3 is 0 Å². The molecule has 1 aromatic rings. The molecule has 2 rings (SSSR count). The second-order valence-corrected chi connectivity index (χ2v) is 5.56. The van der Waals surface area contributed by atoms with Crippen molar-refractivity contribution < 1.29 is 14.3 Å². The summed E-state index contributed by atoms with van der Waals surface area (Å²) in [6.45, 7) is 5.47. The van der Waals surface area contributed by atoms with Crippen molar-refractivity contribution in [2.45, 2.75) is 39.3 Å². The van der Waals surface area contributed by atoms with Crippen molar-refractivity contribution >= 4 is 5.91 Å². The van der Waals surface area contributed by atoms with Crippen molar-refractivity contribution in [3.05, 3.63) is 35.1 Å². The van der Waals surface area contributed by atoms with Gasteiger partial charge in [-0.15, -0.1) is 0 Å². The quantitative estimate of drug-likeness (QED) is 0.845. The Hall–Kier alpha value is -1.42. The van der Waals surface area contributed by atoms with Crippen molar-refractivity contribution in [3.63, 3.8) is 0 Å². The molecule has 3 nitrogen and oxygen atoms in total. The molecule has 0 aliphatic heterocycles. The number of hydrogen-bond acceptors (Lipinski definition) is 2. The van der Waals surface area contributed by atoms with Gasteiger partial charge in [-0.3, -0.25) is 4.79 Å². The van der Waals surface area contributed by atoms with Crippen molar-refractivity contribution in [3.8, 4) is 0 Å². The Bertz CT molecular complexity index is 485. The fraction of sp³-hybridized carbons (Fsp3) is 0.500. The molecule has 1 fully saturated rings. The van der Waals surface area contributed by atoms with Gasteiger partial charge in [-0.05, 0) is 37.1 Å². The Kier molecular flexibility index (Phi) is 3.15. The highest BCUT2D eigenvalue weighted by molar-refractivity contribution is 5.94. The summed E-state index contributed by atoms with van der Waals surface area (Å²) in [4.78, 5) is 12.0. The Morgan fingerprint density at radius 2 is 2.17 bits per heavy atom. The molecule has 2 atom stereocenters. The molecule has 0 saturated heterocycles. The zero-order valence-corrected chi connectivity index (χ0v) is 10.8. The Labute approximate surface area is 106 Å². The standard InChI is InChI=1S/C14H18FNO2/c1-8-6-9(4-5-10(8)15)13(18)16-11-7-12(17)14(11,2)3/h4-6,11-12,17H,7H2,1-3H3,(H,16,18). The third-order valence-electron chi connectivity index (χ3n) is 3.94. The summed E-state index contributed by atoms with van der Waals surface area (Å²) in [5.41, 5.74) is 0.603. The first-order valence-electron chi connectivity index (χ1n) is 6.07. The molecule has 0 radical (unpaired) electrons. The summed E-state index contributed by atoms with van der Waals surface area (Å²) < 4.78 is 13.1. The van der Waals surface area contributed by atoms with Gasteiger partial charge in [-0.1, -0.05) is 13.8 Å². The smallest absolute Gasteiger partial charge is 0.251 e. The summed E-state index contributed by atoms with van der Waals surface area (Å²) in [7, 11) is 0. The molecule has 18 heavy (non-hydrogen) atoms. The zero-order chi connectivity index (χ0) is 13.5. The van der Waals surface area contributed by atoms with Crippen LogP contribution in [0, 0.1) is 18.2 Å². The summed E-state index contributed by atoms with van der Waals surface area (Å²) in [6.07, 6.45) is 0.191. The van der Waals surface area contributed by atoms with Gasteiger partial charge in [0.15, 0.2) is 0 Å². The molecule has 98 valence electrons. The predicted molar refractivity (Wildman–Crippen MR) is 66.8 cm³/mol. The van der Waals surface area contributed by atoms with E-state index in [-0.39, 0.29) is 29.3 Å². The van der Waals surface area contributed by atoms with E-state index in [1.54, 1.807) is 6.92 Å². The van der Waals surface area contributed by atoms with Crippen LogP contribution in [-0.2, 0) is 0 Å². The van der Waals surface area contributed by atoms with Gasteiger partial charge in [0.1, 0.15) is 5.82 Å². The van der Waals surface area contributed by atoms with E-state index in [4.69, 9.17) is 0 Å². The summed E-state index contributed by atoms with van der Waals surface area (Å²) >= 11 is 0. The van der Waals surface area contributed by atoms with Crippen LogP contribution < -0.4 is 5.32 Å². The van der Waals surface area contributed by atoms with Crippen LogP contribution >= 0.6 is 0 Å².